The highest BCUT2D eigenvalue weighted by atomic mass is 35.5. The number of hydrogen-bond acceptors (Lipinski definition) is 3. The molecular formula is C10H13ClF3N3. The first-order valence-corrected chi connectivity index (χ1v) is 5.36. The van der Waals surface area contributed by atoms with Crippen molar-refractivity contribution < 1.29 is 13.2 Å². The van der Waals surface area contributed by atoms with Gasteiger partial charge in [0.25, 0.3) is 0 Å². The molecule has 7 heteroatoms. The van der Waals surface area contributed by atoms with Gasteiger partial charge in [-0.2, -0.15) is 13.2 Å². The predicted molar refractivity (Wildman–Crippen MR) is 60.7 cm³/mol. The van der Waals surface area contributed by atoms with E-state index in [1.165, 1.54) is 12.3 Å². The molecule has 1 aromatic heterocycles. The van der Waals surface area contributed by atoms with Gasteiger partial charge in [0, 0.05) is 24.2 Å². The zero-order chi connectivity index (χ0) is 13.1. The second-order valence-electron chi connectivity index (χ2n) is 3.62. The molecule has 1 heterocycles. The molecule has 0 saturated carbocycles. The van der Waals surface area contributed by atoms with Crippen LogP contribution in [0, 0.1) is 0 Å². The van der Waals surface area contributed by atoms with Gasteiger partial charge in [0.05, 0.1) is 5.02 Å². The van der Waals surface area contributed by atoms with E-state index in [4.69, 9.17) is 17.3 Å². The van der Waals surface area contributed by atoms with Gasteiger partial charge in [0.1, 0.15) is 5.82 Å². The van der Waals surface area contributed by atoms with Crippen LogP contribution in [0.3, 0.4) is 0 Å². The summed E-state index contributed by atoms with van der Waals surface area (Å²) in [6.45, 7) is 0. The minimum atomic E-state index is -4.18. The normalized spacial score (nSPS) is 13.7. The summed E-state index contributed by atoms with van der Waals surface area (Å²) in [5, 5.41) is 3.13. The molecule has 0 aromatic carbocycles. The highest BCUT2D eigenvalue weighted by molar-refractivity contribution is 6.30. The van der Waals surface area contributed by atoms with Crippen molar-refractivity contribution in [2.24, 2.45) is 0 Å². The summed E-state index contributed by atoms with van der Waals surface area (Å²) in [6, 6.07) is 1.02. The molecule has 0 aliphatic carbocycles. The van der Waals surface area contributed by atoms with Crippen LogP contribution in [-0.2, 0) is 0 Å². The Hall–Kier alpha value is -1.01. The summed E-state index contributed by atoms with van der Waals surface area (Å²) >= 11 is 5.74. The summed E-state index contributed by atoms with van der Waals surface area (Å²) < 4.78 is 36.4. The van der Waals surface area contributed by atoms with E-state index in [0.29, 0.717) is 10.6 Å². The summed E-state index contributed by atoms with van der Waals surface area (Å²) in [5.41, 5.74) is 6.10. The zero-order valence-electron chi connectivity index (χ0n) is 9.18. The van der Waals surface area contributed by atoms with E-state index in [0.717, 1.165) is 0 Å². The van der Waals surface area contributed by atoms with Crippen LogP contribution in [0.15, 0.2) is 12.3 Å². The smallest absolute Gasteiger partial charge is 0.383 e. The van der Waals surface area contributed by atoms with Crippen LogP contribution in [0.4, 0.5) is 19.0 Å². The molecule has 0 saturated heterocycles. The van der Waals surface area contributed by atoms with Crippen molar-refractivity contribution in [3.05, 3.63) is 22.8 Å². The van der Waals surface area contributed by atoms with Crippen molar-refractivity contribution in [2.45, 2.75) is 25.1 Å². The van der Waals surface area contributed by atoms with Crippen LogP contribution in [0.25, 0.3) is 0 Å². The Labute approximate surface area is 102 Å². The van der Waals surface area contributed by atoms with Gasteiger partial charge < -0.3 is 11.1 Å². The first kappa shape index (κ1) is 14.1. The fraction of sp³-hybridized carbons (Fsp3) is 0.500. The first-order chi connectivity index (χ1) is 7.83. The Balaban J connectivity index is 2.82. The Bertz CT molecular complexity index is 382. The van der Waals surface area contributed by atoms with E-state index < -0.39 is 18.6 Å². The Morgan fingerprint density at radius 2 is 2.18 bits per heavy atom. The van der Waals surface area contributed by atoms with Gasteiger partial charge in [0.2, 0.25) is 0 Å². The third-order valence-corrected chi connectivity index (χ3v) is 2.56. The van der Waals surface area contributed by atoms with Crippen LogP contribution < -0.4 is 11.1 Å². The monoisotopic (exact) mass is 267 g/mol. The van der Waals surface area contributed by atoms with Crippen LogP contribution >= 0.6 is 11.6 Å². The number of rotatable bonds is 4. The molecule has 0 amide bonds. The fourth-order valence-electron chi connectivity index (χ4n) is 1.51. The van der Waals surface area contributed by atoms with Crippen molar-refractivity contribution in [1.82, 2.24) is 10.3 Å². The number of pyridine rings is 1. The Morgan fingerprint density at radius 3 is 2.71 bits per heavy atom. The van der Waals surface area contributed by atoms with Gasteiger partial charge >= 0.3 is 6.18 Å². The molecule has 3 N–H and O–H groups in total. The number of hydrogen-bond donors (Lipinski definition) is 2. The van der Waals surface area contributed by atoms with E-state index in [2.05, 4.69) is 10.3 Å². The molecular weight excluding hydrogens is 255 g/mol. The SMILES string of the molecule is CNC(CCC(F)(F)F)c1cc(Cl)cnc1N. The Kier molecular flexibility index (Phi) is 4.59. The molecule has 96 valence electrons. The molecule has 1 atom stereocenters. The van der Waals surface area contributed by atoms with Crippen molar-refractivity contribution in [3.63, 3.8) is 0 Å². The molecule has 0 bridgehead atoms. The van der Waals surface area contributed by atoms with E-state index in [1.807, 2.05) is 0 Å². The van der Waals surface area contributed by atoms with Gasteiger partial charge in [-0.25, -0.2) is 4.98 Å². The highest BCUT2D eigenvalue weighted by Gasteiger charge is 2.29. The fourth-order valence-corrected chi connectivity index (χ4v) is 1.67. The first-order valence-electron chi connectivity index (χ1n) is 4.98. The van der Waals surface area contributed by atoms with Crippen LogP contribution in [0.5, 0.6) is 0 Å². The van der Waals surface area contributed by atoms with Gasteiger partial charge in [0.15, 0.2) is 0 Å². The second kappa shape index (κ2) is 5.55. The standard InChI is InChI=1S/C10H13ClF3N3/c1-16-8(2-3-10(12,13)14)7-4-6(11)5-17-9(7)15/h4-5,8,16H,2-3H2,1H3,(H2,15,17). The van der Waals surface area contributed by atoms with Crippen LogP contribution in [-0.4, -0.2) is 18.2 Å². The Morgan fingerprint density at radius 1 is 1.53 bits per heavy atom. The maximum atomic E-state index is 12.1. The van der Waals surface area contributed by atoms with Crippen molar-refractivity contribution >= 4 is 17.4 Å². The van der Waals surface area contributed by atoms with E-state index >= 15 is 0 Å². The van der Waals surface area contributed by atoms with Gasteiger partial charge in [-0.15, -0.1) is 0 Å². The molecule has 17 heavy (non-hydrogen) atoms. The summed E-state index contributed by atoms with van der Waals surface area (Å²) in [7, 11) is 1.57. The molecule has 1 aromatic rings. The number of nitrogens with zero attached hydrogens (tertiary/aromatic N) is 1. The molecule has 0 aliphatic rings. The van der Waals surface area contributed by atoms with Crippen molar-refractivity contribution in [1.29, 1.82) is 0 Å². The number of halogens is 4. The summed E-state index contributed by atoms with van der Waals surface area (Å²) in [4.78, 5) is 3.82. The van der Waals surface area contributed by atoms with Crippen molar-refractivity contribution in [3.8, 4) is 0 Å². The number of anilines is 1. The van der Waals surface area contributed by atoms with Crippen LogP contribution in [0.2, 0.25) is 5.02 Å². The predicted octanol–water partition coefficient (Wildman–Crippen LogP) is 2.92. The van der Waals surface area contributed by atoms with E-state index in [-0.39, 0.29) is 12.2 Å². The maximum Gasteiger partial charge on any atom is 0.389 e. The van der Waals surface area contributed by atoms with Gasteiger partial charge in [-0.05, 0) is 19.5 Å². The lowest BCUT2D eigenvalue weighted by Gasteiger charge is -2.18. The molecule has 0 spiro atoms. The third kappa shape index (κ3) is 4.40. The minimum Gasteiger partial charge on any atom is -0.383 e. The number of alkyl halides is 3. The maximum absolute atomic E-state index is 12.1. The average Bonchev–Trinajstić information content (AvgIpc) is 2.22. The number of aromatic nitrogens is 1. The topological polar surface area (TPSA) is 50.9 Å². The second-order valence-corrected chi connectivity index (χ2v) is 4.06. The summed E-state index contributed by atoms with van der Waals surface area (Å²) in [6.07, 6.45) is -3.82. The van der Waals surface area contributed by atoms with Gasteiger partial charge in [-0.1, -0.05) is 11.6 Å². The molecule has 3 nitrogen and oxygen atoms in total. The van der Waals surface area contributed by atoms with Gasteiger partial charge in [-0.3, -0.25) is 0 Å². The van der Waals surface area contributed by atoms with Crippen molar-refractivity contribution in [2.75, 3.05) is 12.8 Å². The zero-order valence-corrected chi connectivity index (χ0v) is 9.94. The largest absolute Gasteiger partial charge is 0.389 e. The van der Waals surface area contributed by atoms with E-state index in [9.17, 15) is 13.2 Å². The average molecular weight is 268 g/mol. The lowest BCUT2D eigenvalue weighted by atomic mass is 10.0. The number of nitrogens with one attached hydrogen (secondary N) is 1. The molecule has 1 unspecified atom stereocenters. The van der Waals surface area contributed by atoms with Crippen LogP contribution in [0.1, 0.15) is 24.4 Å². The highest BCUT2D eigenvalue weighted by Crippen LogP contribution is 2.30. The lowest BCUT2D eigenvalue weighted by Crippen LogP contribution is -2.21. The summed E-state index contributed by atoms with van der Waals surface area (Å²) in [5.74, 6) is 0.191. The molecule has 0 aliphatic heterocycles. The van der Waals surface area contributed by atoms with E-state index in [1.54, 1.807) is 7.05 Å². The molecule has 0 fully saturated rings. The quantitative estimate of drug-likeness (QED) is 0.882. The molecule has 0 radical (unpaired) electrons. The third-order valence-electron chi connectivity index (χ3n) is 2.36. The number of nitrogen functional groups attached to an aromatic ring is 1. The molecule has 1 rings (SSSR count). The minimum absolute atomic E-state index is 0.105. The number of nitrogens with two attached hydrogens (primary N) is 1. The lowest BCUT2D eigenvalue weighted by molar-refractivity contribution is -0.136.